The molecule has 0 bridgehead atoms. The molecule has 114 valence electrons. The van der Waals surface area contributed by atoms with Gasteiger partial charge in [0, 0.05) is 33.9 Å². The van der Waals surface area contributed by atoms with Gasteiger partial charge in [-0.15, -0.1) is 0 Å². The topological polar surface area (TPSA) is 48.4 Å². The van der Waals surface area contributed by atoms with Crippen LogP contribution in [0, 0.1) is 0 Å². The molecule has 0 aliphatic carbocycles. The lowest BCUT2D eigenvalue weighted by Gasteiger charge is -2.22. The second-order valence-corrected chi connectivity index (χ2v) is 5.34. The number of nitrogens with zero attached hydrogens (tertiary/aromatic N) is 4. The average molecular weight is 290 g/mol. The number of benzene rings is 1. The fourth-order valence-electron chi connectivity index (χ4n) is 2.25. The Balaban J connectivity index is 2.05. The zero-order valence-corrected chi connectivity index (χ0v) is 13.0. The standard InChI is InChI=1S/C15H22N4O2/c1-17(2)14(18(3)4)16-11-12-5-7-13(8-6-12)19-9-10-21-15(19)20/h5-8H,9-11H2,1-4H3. The lowest BCUT2D eigenvalue weighted by atomic mass is 10.2. The van der Waals surface area contributed by atoms with Crippen molar-refractivity contribution in [2.75, 3.05) is 46.2 Å². The maximum absolute atomic E-state index is 11.5. The Morgan fingerprint density at radius 2 is 1.81 bits per heavy atom. The Bertz CT molecular complexity index is 513. The Labute approximate surface area is 125 Å². The number of guanidine groups is 1. The van der Waals surface area contributed by atoms with Crippen LogP contribution in [0.25, 0.3) is 0 Å². The first-order chi connectivity index (χ1) is 9.99. The van der Waals surface area contributed by atoms with Gasteiger partial charge in [0.1, 0.15) is 6.61 Å². The molecule has 21 heavy (non-hydrogen) atoms. The second kappa shape index (κ2) is 6.47. The molecule has 0 spiro atoms. The molecule has 1 saturated heterocycles. The third-order valence-electron chi connectivity index (χ3n) is 3.21. The molecule has 0 N–H and O–H groups in total. The summed E-state index contributed by atoms with van der Waals surface area (Å²) < 4.78 is 4.94. The van der Waals surface area contributed by atoms with Crippen molar-refractivity contribution in [2.45, 2.75) is 6.54 Å². The molecule has 1 heterocycles. The summed E-state index contributed by atoms with van der Waals surface area (Å²) in [6.45, 7) is 1.68. The van der Waals surface area contributed by atoms with Gasteiger partial charge in [-0.3, -0.25) is 4.90 Å². The van der Waals surface area contributed by atoms with Crippen molar-refractivity contribution < 1.29 is 9.53 Å². The number of rotatable bonds is 3. The van der Waals surface area contributed by atoms with Gasteiger partial charge in [0.2, 0.25) is 0 Å². The maximum atomic E-state index is 11.5. The number of cyclic esters (lactones) is 1. The first kappa shape index (κ1) is 15.2. The van der Waals surface area contributed by atoms with Crippen LogP contribution in [0.2, 0.25) is 0 Å². The van der Waals surface area contributed by atoms with E-state index in [1.165, 1.54) is 0 Å². The fourth-order valence-corrected chi connectivity index (χ4v) is 2.25. The number of carbonyl (C=O) groups is 1. The third kappa shape index (κ3) is 3.65. The van der Waals surface area contributed by atoms with Crippen molar-refractivity contribution >= 4 is 17.7 Å². The highest BCUT2D eigenvalue weighted by Crippen LogP contribution is 2.19. The van der Waals surface area contributed by atoms with Crippen LogP contribution < -0.4 is 4.90 Å². The normalized spacial score (nSPS) is 13.9. The first-order valence-electron chi connectivity index (χ1n) is 6.91. The number of ether oxygens (including phenoxy) is 1. The van der Waals surface area contributed by atoms with Gasteiger partial charge in [0.25, 0.3) is 0 Å². The largest absolute Gasteiger partial charge is 0.447 e. The van der Waals surface area contributed by atoms with Gasteiger partial charge in [-0.25, -0.2) is 9.79 Å². The minimum absolute atomic E-state index is 0.275. The first-order valence-corrected chi connectivity index (χ1v) is 6.91. The molecule has 2 rings (SSSR count). The number of aliphatic imine (C=N–C) groups is 1. The zero-order chi connectivity index (χ0) is 15.4. The molecule has 1 amide bonds. The van der Waals surface area contributed by atoms with Crippen molar-refractivity contribution in [3.8, 4) is 0 Å². The van der Waals surface area contributed by atoms with E-state index in [0.717, 1.165) is 17.2 Å². The summed E-state index contributed by atoms with van der Waals surface area (Å²) in [6.07, 6.45) is -0.275. The second-order valence-electron chi connectivity index (χ2n) is 5.34. The quantitative estimate of drug-likeness (QED) is 0.627. The van der Waals surface area contributed by atoms with Gasteiger partial charge >= 0.3 is 6.09 Å². The molecule has 1 aromatic carbocycles. The fraction of sp³-hybridized carbons (Fsp3) is 0.467. The molecule has 1 aliphatic heterocycles. The SMILES string of the molecule is CN(C)C(=NCc1ccc(N2CCOC2=O)cc1)N(C)C. The smallest absolute Gasteiger partial charge is 0.414 e. The van der Waals surface area contributed by atoms with E-state index in [-0.39, 0.29) is 6.09 Å². The minimum Gasteiger partial charge on any atom is -0.447 e. The molecule has 0 aromatic heterocycles. The van der Waals surface area contributed by atoms with Crippen LogP contribution in [0.4, 0.5) is 10.5 Å². The Morgan fingerprint density at radius 3 is 2.29 bits per heavy atom. The van der Waals surface area contributed by atoms with Gasteiger partial charge < -0.3 is 14.5 Å². The molecule has 1 aromatic rings. The van der Waals surface area contributed by atoms with E-state index < -0.39 is 0 Å². The monoisotopic (exact) mass is 290 g/mol. The van der Waals surface area contributed by atoms with Crippen molar-refractivity contribution in [1.82, 2.24) is 9.80 Å². The Morgan fingerprint density at radius 1 is 1.19 bits per heavy atom. The predicted molar refractivity (Wildman–Crippen MR) is 83.6 cm³/mol. The maximum Gasteiger partial charge on any atom is 0.414 e. The van der Waals surface area contributed by atoms with Crippen molar-refractivity contribution in [3.05, 3.63) is 29.8 Å². The van der Waals surface area contributed by atoms with Crippen molar-refractivity contribution in [2.24, 2.45) is 4.99 Å². The lowest BCUT2D eigenvalue weighted by molar-refractivity contribution is 0.181. The summed E-state index contributed by atoms with van der Waals surface area (Å²) in [5.41, 5.74) is 1.97. The molecule has 0 radical (unpaired) electrons. The number of carbonyl (C=O) groups excluding carboxylic acids is 1. The molecule has 0 unspecified atom stereocenters. The third-order valence-corrected chi connectivity index (χ3v) is 3.21. The summed E-state index contributed by atoms with van der Waals surface area (Å²) >= 11 is 0. The van der Waals surface area contributed by atoms with Crippen LogP contribution in [-0.4, -0.2) is 63.2 Å². The highest BCUT2D eigenvalue weighted by molar-refractivity contribution is 5.89. The zero-order valence-electron chi connectivity index (χ0n) is 13.0. The highest BCUT2D eigenvalue weighted by Gasteiger charge is 2.23. The predicted octanol–water partition coefficient (Wildman–Crippen LogP) is 1.62. The highest BCUT2D eigenvalue weighted by atomic mass is 16.6. The summed E-state index contributed by atoms with van der Waals surface area (Å²) in [4.78, 5) is 21.7. The number of amides is 1. The molecule has 6 heteroatoms. The minimum atomic E-state index is -0.275. The van der Waals surface area contributed by atoms with Crippen molar-refractivity contribution in [1.29, 1.82) is 0 Å². The van der Waals surface area contributed by atoms with Gasteiger partial charge in [0.05, 0.1) is 13.1 Å². The van der Waals surface area contributed by atoms with Crippen LogP contribution in [-0.2, 0) is 11.3 Å². The van der Waals surface area contributed by atoms with E-state index >= 15 is 0 Å². The van der Waals surface area contributed by atoms with E-state index in [1.54, 1.807) is 4.90 Å². The van der Waals surface area contributed by atoms with Gasteiger partial charge in [-0.05, 0) is 17.7 Å². The van der Waals surface area contributed by atoms with E-state index in [4.69, 9.17) is 4.74 Å². The lowest BCUT2D eigenvalue weighted by Crippen LogP contribution is -2.35. The molecule has 1 fully saturated rings. The molecular weight excluding hydrogens is 268 g/mol. The molecule has 0 saturated carbocycles. The van der Waals surface area contributed by atoms with Crippen LogP contribution in [0.5, 0.6) is 0 Å². The molecule has 6 nitrogen and oxygen atoms in total. The molecule has 1 aliphatic rings. The summed E-state index contributed by atoms with van der Waals surface area (Å²) in [5, 5.41) is 0. The van der Waals surface area contributed by atoms with Crippen LogP contribution in [0.1, 0.15) is 5.56 Å². The summed E-state index contributed by atoms with van der Waals surface area (Å²) in [7, 11) is 7.89. The average Bonchev–Trinajstić information content (AvgIpc) is 2.85. The van der Waals surface area contributed by atoms with Crippen molar-refractivity contribution in [3.63, 3.8) is 0 Å². The van der Waals surface area contributed by atoms with E-state index in [1.807, 2.05) is 62.3 Å². The van der Waals surface area contributed by atoms with Gasteiger partial charge in [-0.1, -0.05) is 12.1 Å². The number of anilines is 1. The van der Waals surface area contributed by atoms with E-state index in [2.05, 4.69) is 4.99 Å². The van der Waals surface area contributed by atoms with Crippen LogP contribution >= 0.6 is 0 Å². The summed E-state index contributed by atoms with van der Waals surface area (Å²) in [5.74, 6) is 0.919. The van der Waals surface area contributed by atoms with E-state index in [9.17, 15) is 4.79 Å². The molecular formula is C15H22N4O2. The van der Waals surface area contributed by atoms with Crippen LogP contribution in [0.15, 0.2) is 29.3 Å². The Hall–Kier alpha value is -2.24. The van der Waals surface area contributed by atoms with Gasteiger partial charge in [0.15, 0.2) is 5.96 Å². The van der Waals surface area contributed by atoms with Crippen LogP contribution in [0.3, 0.4) is 0 Å². The van der Waals surface area contributed by atoms with Gasteiger partial charge in [-0.2, -0.15) is 0 Å². The van der Waals surface area contributed by atoms with E-state index in [0.29, 0.717) is 19.7 Å². The number of hydrogen-bond acceptors (Lipinski definition) is 3. The Kier molecular flexibility index (Phi) is 4.67. The molecule has 0 atom stereocenters. The number of hydrogen-bond donors (Lipinski definition) is 0. The summed E-state index contributed by atoms with van der Waals surface area (Å²) in [6, 6.07) is 7.85.